The van der Waals surface area contributed by atoms with Crippen LogP contribution in [0.2, 0.25) is 0 Å². The van der Waals surface area contributed by atoms with Gasteiger partial charge in [-0.1, -0.05) is 18.3 Å². The van der Waals surface area contributed by atoms with E-state index in [1.807, 2.05) is 0 Å². The van der Waals surface area contributed by atoms with Gasteiger partial charge in [-0.05, 0) is 43.1 Å². The molecule has 0 saturated carbocycles. The highest BCUT2D eigenvalue weighted by Gasteiger charge is 2.31. The van der Waals surface area contributed by atoms with Crippen molar-refractivity contribution in [3.63, 3.8) is 0 Å². The second-order valence-corrected chi connectivity index (χ2v) is 7.01. The van der Waals surface area contributed by atoms with Gasteiger partial charge in [0.05, 0.1) is 13.2 Å². The third-order valence-electron chi connectivity index (χ3n) is 4.29. The first-order valence-corrected chi connectivity index (χ1v) is 8.62. The molecule has 0 unspecified atom stereocenters. The van der Waals surface area contributed by atoms with Crippen LogP contribution in [-0.2, 0) is 6.54 Å². The molecule has 2 heterocycles. The van der Waals surface area contributed by atoms with Crippen LogP contribution in [0.5, 0.6) is 0 Å². The van der Waals surface area contributed by atoms with Crippen LogP contribution in [-0.4, -0.2) is 45.3 Å². The molecule has 2 aromatic rings. The Kier molecular flexibility index (Phi) is 5.17. The van der Waals surface area contributed by atoms with Crippen molar-refractivity contribution in [3.05, 3.63) is 40.1 Å². The Balaban J connectivity index is 1.62. The number of anilines is 1. The van der Waals surface area contributed by atoms with Crippen LogP contribution in [0, 0.1) is 11.7 Å². The molecule has 1 saturated heterocycles. The molecule has 128 valence electrons. The van der Waals surface area contributed by atoms with Crippen molar-refractivity contribution in [2.75, 3.05) is 18.5 Å². The van der Waals surface area contributed by atoms with Crippen LogP contribution in [0.15, 0.2) is 24.3 Å². The summed E-state index contributed by atoms with van der Waals surface area (Å²) >= 11 is 1.23. The Morgan fingerprint density at radius 1 is 1.42 bits per heavy atom. The van der Waals surface area contributed by atoms with Gasteiger partial charge in [0.15, 0.2) is 0 Å². The molecule has 1 aromatic heterocycles. The highest BCUT2D eigenvalue weighted by atomic mass is 32.1. The van der Waals surface area contributed by atoms with E-state index < -0.39 is 0 Å². The Morgan fingerprint density at radius 3 is 2.88 bits per heavy atom. The van der Waals surface area contributed by atoms with E-state index in [-0.39, 0.29) is 29.4 Å². The van der Waals surface area contributed by atoms with Crippen molar-refractivity contribution in [2.45, 2.75) is 25.9 Å². The standard InChI is InChI=1S/C16H19FN4O2S/c1-10-6-7-21(13(10)9-22)8-14-19-20-16(24-14)15(23)18-12-4-2-11(17)3-5-12/h2-5,10,13,22H,6-9H2,1H3,(H,18,23)/t10-,13-/m0/s1. The van der Waals surface area contributed by atoms with Crippen LogP contribution in [0.3, 0.4) is 0 Å². The lowest BCUT2D eigenvalue weighted by Gasteiger charge is -2.23. The number of aliphatic hydroxyl groups excluding tert-OH is 1. The molecular weight excluding hydrogens is 331 g/mol. The van der Waals surface area contributed by atoms with E-state index in [1.165, 1.54) is 35.6 Å². The second kappa shape index (κ2) is 7.33. The van der Waals surface area contributed by atoms with Crippen LogP contribution in [0.1, 0.15) is 28.2 Å². The summed E-state index contributed by atoms with van der Waals surface area (Å²) in [6.07, 6.45) is 1.04. The summed E-state index contributed by atoms with van der Waals surface area (Å²) in [5.74, 6) is -0.271. The van der Waals surface area contributed by atoms with Crippen LogP contribution in [0.25, 0.3) is 0 Å². The number of carbonyl (C=O) groups excluding carboxylic acids is 1. The third kappa shape index (κ3) is 3.77. The summed E-state index contributed by atoms with van der Waals surface area (Å²) in [6.45, 7) is 3.74. The maximum Gasteiger partial charge on any atom is 0.286 e. The molecule has 0 aliphatic carbocycles. The molecule has 8 heteroatoms. The lowest BCUT2D eigenvalue weighted by atomic mass is 10.0. The van der Waals surface area contributed by atoms with Crippen molar-refractivity contribution >= 4 is 22.9 Å². The summed E-state index contributed by atoms with van der Waals surface area (Å²) in [6, 6.07) is 5.68. The van der Waals surface area contributed by atoms with E-state index in [9.17, 15) is 14.3 Å². The minimum atomic E-state index is -0.362. The molecule has 6 nitrogen and oxygen atoms in total. The Hall–Kier alpha value is -1.90. The minimum absolute atomic E-state index is 0.123. The van der Waals surface area contributed by atoms with Gasteiger partial charge < -0.3 is 10.4 Å². The molecule has 2 atom stereocenters. The van der Waals surface area contributed by atoms with Gasteiger partial charge in [0, 0.05) is 11.7 Å². The van der Waals surface area contributed by atoms with Gasteiger partial charge in [-0.3, -0.25) is 9.69 Å². The first-order valence-electron chi connectivity index (χ1n) is 7.81. The zero-order valence-electron chi connectivity index (χ0n) is 13.3. The number of carbonyl (C=O) groups is 1. The smallest absolute Gasteiger partial charge is 0.286 e. The van der Waals surface area contributed by atoms with E-state index in [4.69, 9.17) is 0 Å². The average Bonchev–Trinajstić information content (AvgIpc) is 3.17. The summed E-state index contributed by atoms with van der Waals surface area (Å²) in [7, 11) is 0. The highest BCUT2D eigenvalue weighted by Crippen LogP contribution is 2.26. The number of amides is 1. The summed E-state index contributed by atoms with van der Waals surface area (Å²) in [5.41, 5.74) is 0.506. The van der Waals surface area contributed by atoms with Gasteiger partial charge in [-0.25, -0.2) is 4.39 Å². The lowest BCUT2D eigenvalue weighted by Crippen LogP contribution is -2.34. The Morgan fingerprint density at radius 2 is 2.17 bits per heavy atom. The SMILES string of the molecule is C[C@H]1CCN(Cc2nnc(C(=O)Nc3ccc(F)cc3)s2)[C@H]1CO. The van der Waals surface area contributed by atoms with Crippen molar-refractivity contribution in [1.82, 2.24) is 15.1 Å². The van der Waals surface area contributed by atoms with Crippen LogP contribution < -0.4 is 5.32 Å². The number of nitrogens with one attached hydrogen (secondary N) is 1. The third-order valence-corrected chi connectivity index (χ3v) is 5.19. The fraction of sp³-hybridized carbons (Fsp3) is 0.438. The average molecular weight is 350 g/mol. The normalized spacial score (nSPS) is 21.1. The number of hydrogen-bond donors (Lipinski definition) is 2. The quantitative estimate of drug-likeness (QED) is 0.864. The maximum atomic E-state index is 12.9. The first kappa shape index (κ1) is 16.9. The summed E-state index contributed by atoms with van der Waals surface area (Å²) in [4.78, 5) is 14.3. The van der Waals surface area contributed by atoms with Gasteiger partial charge >= 0.3 is 0 Å². The van der Waals surface area contributed by atoms with E-state index in [1.54, 1.807) is 0 Å². The number of hydrogen-bond acceptors (Lipinski definition) is 6. The molecular formula is C16H19FN4O2S. The molecule has 1 aliphatic rings. The number of aromatic nitrogens is 2. The first-order chi connectivity index (χ1) is 11.6. The van der Waals surface area contributed by atoms with Gasteiger partial charge in [0.2, 0.25) is 5.01 Å². The van der Waals surface area contributed by atoms with E-state index >= 15 is 0 Å². The Labute approximate surface area is 143 Å². The number of benzene rings is 1. The highest BCUT2D eigenvalue weighted by molar-refractivity contribution is 7.13. The summed E-state index contributed by atoms with van der Waals surface area (Å²) in [5, 5.41) is 21.2. The van der Waals surface area contributed by atoms with Crippen molar-refractivity contribution in [3.8, 4) is 0 Å². The number of halogens is 1. The Bertz CT molecular complexity index is 706. The van der Waals surface area contributed by atoms with E-state index in [2.05, 4.69) is 27.3 Å². The number of aliphatic hydroxyl groups is 1. The summed E-state index contributed by atoms with van der Waals surface area (Å²) < 4.78 is 12.9. The topological polar surface area (TPSA) is 78.4 Å². The molecule has 0 spiro atoms. The van der Waals surface area contributed by atoms with Gasteiger partial charge in [-0.15, -0.1) is 10.2 Å². The number of nitrogens with zero attached hydrogens (tertiary/aromatic N) is 3. The van der Waals surface area contributed by atoms with Gasteiger partial charge in [0.1, 0.15) is 10.8 Å². The van der Waals surface area contributed by atoms with Crippen molar-refractivity contribution in [1.29, 1.82) is 0 Å². The van der Waals surface area contributed by atoms with E-state index in [0.29, 0.717) is 18.2 Å². The molecule has 0 radical (unpaired) electrons. The lowest BCUT2D eigenvalue weighted by molar-refractivity contribution is 0.102. The molecule has 0 bridgehead atoms. The number of likely N-dealkylation sites (tertiary alicyclic amines) is 1. The number of rotatable bonds is 5. The van der Waals surface area contributed by atoms with Gasteiger partial charge in [0.25, 0.3) is 5.91 Å². The van der Waals surface area contributed by atoms with Crippen LogP contribution in [0.4, 0.5) is 10.1 Å². The molecule has 3 rings (SSSR count). The largest absolute Gasteiger partial charge is 0.395 e. The molecule has 1 fully saturated rings. The van der Waals surface area contributed by atoms with Crippen LogP contribution >= 0.6 is 11.3 Å². The molecule has 2 N–H and O–H groups in total. The predicted molar refractivity (Wildman–Crippen MR) is 89.3 cm³/mol. The second-order valence-electron chi connectivity index (χ2n) is 5.95. The molecule has 1 aromatic carbocycles. The monoisotopic (exact) mass is 350 g/mol. The molecule has 1 amide bonds. The fourth-order valence-corrected chi connectivity index (χ4v) is 3.64. The predicted octanol–water partition coefficient (Wildman–Crippen LogP) is 2.13. The zero-order chi connectivity index (χ0) is 17.1. The van der Waals surface area contributed by atoms with Gasteiger partial charge in [-0.2, -0.15) is 0 Å². The fourth-order valence-electron chi connectivity index (χ4n) is 2.88. The molecule has 1 aliphatic heterocycles. The van der Waals surface area contributed by atoms with Crippen molar-refractivity contribution in [2.24, 2.45) is 5.92 Å². The van der Waals surface area contributed by atoms with Crippen molar-refractivity contribution < 1.29 is 14.3 Å². The van der Waals surface area contributed by atoms with E-state index in [0.717, 1.165) is 18.0 Å². The zero-order valence-corrected chi connectivity index (χ0v) is 14.1. The maximum absolute atomic E-state index is 12.9. The molecule has 24 heavy (non-hydrogen) atoms. The minimum Gasteiger partial charge on any atom is -0.395 e.